The molecule has 10 heteroatoms. The Labute approximate surface area is 119 Å². The maximum absolute atomic E-state index is 12.1. The lowest BCUT2D eigenvalue weighted by Gasteiger charge is -2.03. The Morgan fingerprint density at radius 3 is 2.75 bits per heavy atom. The number of hydrogen-bond donors (Lipinski definition) is 2. The van der Waals surface area contributed by atoms with E-state index in [1.165, 1.54) is 11.0 Å². The fourth-order valence-electron chi connectivity index (χ4n) is 1.54. The van der Waals surface area contributed by atoms with E-state index in [0.717, 1.165) is 17.4 Å². The van der Waals surface area contributed by atoms with Crippen LogP contribution in [0.15, 0.2) is 17.3 Å². The third-order valence-electron chi connectivity index (χ3n) is 2.44. The van der Waals surface area contributed by atoms with Crippen LogP contribution in [0.2, 0.25) is 0 Å². The van der Waals surface area contributed by atoms with Crippen molar-refractivity contribution >= 4 is 27.3 Å². The van der Waals surface area contributed by atoms with Gasteiger partial charge in [0.1, 0.15) is 11.2 Å². The van der Waals surface area contributed by atoms with Gasteiger partial charge in [0.15, 0.2) is 5.82 Å². The van der Waals surface area contributed by atoms with Crippen molar-refractivity contribution in [2.24, 2.45) is 7.05 Å². The van der Waals surface area contributed by atoms with Crippen LogP contribution in [0.5, 0.6) is 0 Å². The number of nitrogens with zero attached hydrogens (tertiary/aromatic N) is 3. The van der Waals surface area contributed by atoms with Crippen LogP contribution in [-0.4, -0.2) is 34.3 Å². The number of carboxylic acid groups (broad SMARTS) is 1. The Bertz CT molecular complexity index is 747. The van der Waals surface area contributed by atoms with Gasteiger partial charge in [-0.3, -0.25) is 4.68 Å². The second kappa shape index (κ2) is 5.31. The van der Waals surface area contributed by atoms with Crippen molar-refractivity contribution in [2.45, 2.75) is 18.4 Å². The van der Waals surface area contributed by atoms with Crippen molar-refractivity contribution in [3.8, 4) is 0 Å². The van der Waals surface area contributed by atoms with Crippen molar-refractivity contribution in [3.05, 3.63) is 28.0 Å². The number of thiophene rings is 1. The molecule has 2 heterocycles. The zero-order valence-electron chi connectivity index (χ0n) is 10.7. The largest absolute Gasteiger partial charge is 0.477 e. The molecule has 0 unspecified atom stereocenters. The van der Waals surface area contributed by atoms with Crippen molar-refractivity contribution in [1.82, 2.24) is 19.5 Å². The number of carboxylic acids is 1. The molecule has 0 aliphatic carbocycles. The minimum Gasteiger partial charge on any atom is -0.477 e. The quantitative estimate of drug-likeness (QED) is 0.823. The van der Waals surface area contributed by atoms with Crippen LogP contribution >= 0.6 is 11.3 Å². The molecule has 0 spiro atoms. The third-order valence-corrected chi connectivity index (χ3v) is 5.14. The van der Waals surface area contributed by atoms with Gasteiger partial charge in [-0.15, -0.1) is 11.3 Å². The Balaban J connectivity index is 2.20. The second-order valence-electron chi connectivity index (χ2n) is 4.00. The van der Waals surface area contributed by atoms with Crippen LogP contribution in [-0.2, 0) is 23.6 Å². The Morgan fingerprint density at radius 2 is 2.25 bits per heavy atom. The minimum atomic E-state index is -3.78. The molecule has 2 rings (SSSR count). The van der Waals surface area contributed by atoms with E-state index in [1.54, 1.807) is 14.0 Å². The number of carbonyl (C=O) groups is 1. The number of sulfonamides is 1. The Morgan fingerprint density at radius 1 is 1.55 bits per heavy atom. The number of aromatic carboxylic acids is 1. The standard InChI is InChI=1S/C10H12N4O4S2/c1-6-8(3-7(19-6)10(15)16)20(17,18)12-4-9-11-5-14(2)13-9/h3,5,12H,4H2,1-2H3,(H,15,16). The van der Waals surface area contributed by atoms with E-state index in [-0.39, 0.29) is 16.3 Å². The molecule has 0 fully saturated rings. The summed E-state index contributed by atoms with van der Waals surface area (Å²) in [5, 5.41) is 12.8. The number of aromatic nitrogens is 3. The number of hydrogen-bond acceptors (Lipinski definition) is 6. The molecule has 2 aromatic rings. The monoisotopic (exact) mass is 316 g/mol. The first kappa shape index (κ1) is 14.6. The molecule has 0 aliphatic rings. The predicted molar refractivity (Wildman–Crippen MR) is 71.0 cm³/mol. The second-order valence-corrected chi connectivity index (χ2v) is 6.99. The van der Waals surface area contributed by atoms with Crippen LogP contribution in [0.3, 0.4) is 0 Å². The van der Waals surface area contributed by atoms with E-state index in [1.807, 2.05) is 0 Å². The molecule has 2 N–H and O–H groups in total. The lowest BCUT2D eigenvalue weighted by Crippen LogP contribution is -2.24. The Kier molecular flexibility index (Phi) is 3.88. The molecule has 8 nitrogen and oxygen atoms in total. The minimum absolute atomic E-state index is 0.0150. The molecular weight excluding hydrogens is 304 g/mol. The van der Waals surface area contributed by atoms with E-state index in [4.69, 9.17) is 5.11 Å². The summed E-state index contributed by atoms with van der Waals surface area (Å²) in [6, 6.07) is 1.15. The van der Waals surface area contributed by atoms with Gasteiger partial charge in [0, 0.05) is 11.9 Å². The molecule has 20 heavy (non-hydrogen) atoms. The zero-order valence-corrected chi connectivity index (χ0v) is 12.3. The summed E-state index contributed by atoms with van der Waals surface area (Å²) in [4.78, 5) is 15.1. The number of rotatable bonds is 5. The lowest BCUT2D eigenvalue weighted by atomic mass is 10.4. The molecular formula is C10H12N4O4S2. The smallest absolute Gasteiger partial charge is 0.345 e. The van der Waals surface area contributed by atoms with Gasteiger partial charge in [0.25, 0.3) is 0 Å². The molecule has 0 saturated carbocycles. The van der Waals surface area contributed by atoms with Crippen LogP contribution in [0, 0.1) is 6.92 Å². The molecule has 0 bridgehead atoms. The van der Waals surface area contributed by atoms with E-state index in [2.05, 4.69) is 14.8 Å². The fraction of sp³-hybridized carbons (Fsp3) is 0.300. The van der Waals surface area contributed by atoms with Gasteiger partial charge >= 0.3 is 5.97 Å². The highest BCUT2D eigenvalue weighted by atomic mass is 32.2. The predicted octanol–water partition coefficient (Wildman–Crippen LogP) is 0.362. The summed E-state index contributed by atoms with van der Waals surface area (Å²) < 4.78 is 28.0. The van der Waals surface area contributed by atoms with Crippen LogP contribution in [0.4, 0.5) is 0 Å². The molecule has 0 saturated heterocycles. The zero-order chi connectivity index (χ0) is 14.9. The van der Waals surface area contributed by atoms with E-state index < -0.39 is 16.0 Å². The van der Waals surface area contributed by atoms with Gasteiger partial charge < -0.3 is 5.11 Å². The first-order valence-corrected chi connectivity index (χ1v) is 7.77. The molecule has 0 amide bonds. The highest BCUT2D eigenvalue weighted by Crippen LogP contribution is 2.25. The average Bonchev–Trinajstić information content (AvgIpc) is 2.93. The first-order valence-electron chi connectivity index (χ1n) is 5.47. The molecule has 0 atom stereocenters. The van der Waals surface area contributed by atoms with Gasteiger partial charge in [0.2, 0.25) is 10.0 Å². The normalized spacial score (nSPS) is 11.7. The third kappa shape index (κ3) is 3.03. The van der Waals surface area contributed by atoms with Gasteiger partial charge in [-0.25, -0.2) is 22.9 Å². The summed E-state index contributed by atoms with van der Waals surface area (Å²) in [7, 11) is -2.11. The first-order chi connectivity index (χ1) is 9.29. The summed E-state index contributed by atoms with van der Waals surface area (Å²) >= 11 is 0.921. The Hall–Kier alpha value is -1.78. The van der Waals surface area contributed by atoms with Crippen molar-refractivity contribution in [3.63, 3.8) is 0 Å². The number of aryl methyl sites for hydroxylation is 2. The van der Waals surface area contributed by atoms with Crippen LogP contribution < -0.4 is 4.72 Å². The van der Waals surface area contributed by atoms with Crippen LogP contribution in [0.1, 0.15) is 20.4 Å². The molecule has 0 aliphatic heterocycles. The van der Waals surface area contributed by atoms with Gasteiger partial charge in [-0.2, -0.15) is 5.10 Å². The summed E-state index contributed by atoms with van der Waals surface area (Å²) in [5.41, 5.74) is 0. The van der Waals surface area contributed by atoms with Crippen LogP contribution in [0.25, 0.3) is 0 Å². The van der Waals surface area contributed by atoms with E-state index in [9.17, 15) is 13.2 Å². The fourth-order valence-corrected chi connectivity index (χ4v) is 3.95. The molecule has 0 aromatic carbocycles. The van der Waals surface area contributed by atoms with Crippen molar-refractivity contribution < 1.29 is 18.3 Å². The maximum Gasteiger partial charge on any atom is 0.345 e. The van der Waals surface area contributed by atoms with Crippen molar-refractivity contribution in [1.29, 1.82) is 0 Å². The van der Waals surface area contributed by atoms with Gasteiger partial charge in [-0.05, 0) is 13.0 Å². The molecule has 0 radical (unpaired) electrons. The molecule has 2 aromatic heterocycles. The van der Waals surface area contributed by atoms with E-state index in [0.29, 0.717) is 10.7 Å². The average molecular weight is 316 g/mol. The summed E-state index contributed by atoms with van der Waals surface area (Å²) in [6.07, 6.45) is 1.46. The maximum atomic E-state index is 12.1. The summed E-state index contributed by atoms with van der Waals surface area (Å²) in [5.74, 6) is -0.812. The molecule has 108 valence electrons. The highest BCUT2D eigenvalue weighted by molar-refractivity contribution is 7.89. The SMILES string of the molecule is Cc1sc(C(=O)O)cc1S(=O)(=O)NCc1ncn(C)n1. The van der Waals surface area contributed by atoms with Gasteiger partial charge in [0.05, 0.1) is 11.4 Å². The lowest BCUT2D eigenvalue weighted by molar-refractivity contribution is 0.0702. The summed E-state index contributed by atoms with van der Waals surface area (Å²) in [6.45, 7) is 1.51. The van der Waals surface area contributed by atoms with Crippen molar-refractivity contribution in [2.75, 3.05) is 0 Å². The van der Waals surface area contributed by atoms with E-state index >= 15 is 0 Å². The number of nitrogens with one attached hydrogen (secondary N) is 1. The topological polar surface area (TPSA) is 114 Å². The highest BCUT2D eigenvalue weighted by Gasteiger charge is 2.22. The van der Waals surface area contributed by atoms with Gasteiger partial charge in [-0.1, -0.05) is 0 Å².